The molecule has 1 N–H and O–H groups in total. The molecule has 31 heavy (non-hydrogen) atoms. The van der Waals surface area contributed by atoms with Gasteiger partial charge in [-0.05, 0) is 116 Å². The second kappa shape index (κ2) is 8.80. The van der Waals surface area contributed by atoms with Crippen LogP contribution in [-0.4, -0.2) is 24.5 Å². The lowest BCUT2D eigenvalue weighted by Crippen LogP contribution is -2.35. The fourth-order valence-electron chi connectivity index (χ4n) is 5.15. The third-order valence-corrected chi connectivity index (χ3v) is 6.89. The van der Waals surface area contributed by atoms with Gasteiger partial charge in [0.2, 0.25) is 0 Å². The molecule has 3 aromatic rings. The molecule has 1 atom stereocenters. The molecular formula is C27H28F2N2. The van der Waals surface area contributed by atoms with Gasteiger partial charge in [-0.3, -0.25) is 0 Å². The van der Waals surface area contributed by atoms with E-state index in [9.17, 15) is 8.78 Å². The maximum Gasteiger partial charge on any atom is 0.123 e. The molecule has 0 saturated carbocycles. The Morgan fingerprint density at radius 1 is 0.774 bits per heavy atom. The predicted molar refractivity (Wildman–Crippen MR) is 122 cm³/mol. The molecule has 2 aliphatic rings. The Morgan fingerprint density at radius 3 is 2.13 bits per heavy atom. The molecule has 1 aliphatic carbocycles. The Morgan fingerprint density at radius 2 is 1.42 bits per heavy atom. The summed E-state index contributed by atoms with van der Waals surface area (Å²) in [6, 6.07) is 20.2. The number of hydrogen-bond donors (Lipinski definition) is 1. The standard InChI is InChI=1S/C27H28F2N2/c28-23-6-3-19(4-7-23)20-13-15-31(16-14-20)18-22-2-1-21-5-10-26(17-27(21)22)30-25-11-8-24(29)9-12-25/h3-12,17,20,22,30H,1-2,13-16,18H2. The number of hydrogen-bond acceptors (Lipinski definition) is 2. The molecule has 160 valence electrons. The first-order valence-electron chi connectivity index (χ1n) is 11.3. The van der Waals surface area contributed by atoms with Crippen molar-refractivity contribution in [3.8, 4) is 0 Å². The highest BCUT2D eigenvalue weighted by Gasteiger charge is 2.27. The van der Waals surface area contributed by atoms with E-state index in [4.69, 9.17) is 0 Å². The van der Waals surface area contributed by atoms with Crippen LogP contribution >= 0.6 is 0 Å². The highest BCUT2D eigenvalue weighted by atomic mass is 19.1. The maximum absolute atomic E-state index is 13.2. The van der Waals surface area contributed by atoms with Crippen LogP contribution in [0.15, 0.2) is 66.7 Å². The molecule has 0 spiro atoms. The van der Waals surface area contributed by atoms with Crippen LogP contribution < -0.4 is 5.32 Å². The van der Waals surface area contributed by atoms with E-state index >= 15 is 0 Å². The topological polar surface area (TPSA) is 15.3 Å². The average Bonchev–Trinajstić information content (AvgIpc) is 3.18. The van der Waals surface area contributed by atoms with E-state index in [0.717, 1.165) is 50.3 Å². The maximum atomic E-state index is 13.2. The lowest BCUT2D eigenvalue weighted by molar-refractivity contribution is 0.200. The van der Waals surface area contributed by atoms with Gasteiger partial charge in [0, 0.05) is 17.9 Å². The van der Waals surface area contributed by atoms with Crippen molar-refractivity contribution in [2.75, 3.05) is 25.0 Å². The van der Waals surface area contributed by atoms with Crippen molar-refractivity contribution in [2.45, 2.75) is 37.5 Å². The summed E-state index contributed by atoms with van der Waals surface area (Å²) in [6.45, 7) is 3.30. The molecular weight excluding hydrogens is 390 g/mol. The van der Waals surface area contributed by atoms with Crippen LogP contribution in [0.1, 0.15) is 47.8 Å². The third kappa shape index (κ3) is 4.64. The van der Waals surface area contributed by atoms with Gasteiger partial charge >= 0.3 is 0 Å². The Kier molecular flexibility index (Phi) is 5.73. The van der Waals surface area contributed by atoms with E-state index in [1.165, 1.54) is 35.2 Å². The lowest BCUT2D eigenvalue weighted by Gasteiger charge is -2.34. The van der Waals surface area contributed by atoms with Crippen LogP contribution in [-0.2, 0) is 6.42 Å². The van der Waals surface area contributed by atoms with Gasteiger partial charge in [0.15, 0.2) is 0 Å². The Balaban J connectivity index is 1.21. The third-order valence-electron chi connectivity index (χ3n) is 6.89. The second-order valence-electron chi connectivity index (χ2n) is 8.91. The molecule has 0 radical (unpaired) electrons. The normalized spacial score (nSPS) is 19.4. The zero-order chi connectivity index (χ0) is 21.2. The SMILES string of the molecule is Fc1ccc(Nc2ccc3c(c2)C(CN2CCC(c4ccc(F)cc4)CC2)CC3)cc1. The van der Waals surface area contributed by atoms with Crippen molar-refractivity contribution in [1.82, 2.24) is 4.90 Å². The summed E-state index contributed by atoms with van der Waals surface area (Å²) in [7, 11) is 0. The van der Waals surface area contributed by atoms with Crippen molar-refractivity contribution in [3.05, 3.63) is 95.1 Å². The minimum absolute atomic E-state index is 0.158. The molecule has 3 aromatic carbocycles. The molecule has 2 nitrogen and oxygen atoms in total. The number of nitrogens with one attached hydrogen (secondary N) is 1. The molecule has 5 rings (SSSR count). The number of aryl methyl sites for hydroxylation is 1. The van der Waals surface area contributed by atoms with Crippen LogP contribution in [0.2, 0.25) is 0 Å². The molecule has 1 unspecified atom stereocenters. The molecule has 0 bridgehead atoms. The molecule has 1 fully saturated rings. The fraction of sp³-hybridized carbons (Fsp3) is 0.333. The number of rotatable bonds is 5. The summed E-state index contributed by atoms with van der Waals surface area (Å²) >= 11 is 0. The zero-order valence-corrected chi connectivity index (χ0v) is 17.7. The second-order valence-corrected chi connectivity index (χ2v) is 8.91. The van der Waals surface area contributed by atoms with Gasteiger partial charge in [-0.15, -0.1) is 0 Å². The number of likely N-dealkylation sites (tertiary alicyclic amines) is 1. The van der Waals surface area contributed by atoms with Crippen LogP contribution in [0.3, 0.4) is 0 Å². The Labute approximate surface area is 182 Å². The van der Waals surface area contributed by atoms with Gasteiger partial charge in [-0.1, -0.05) is 18.2 Å². The minimum atomic E-state index is -0.220. The summed E-state index contributed by atoms with van der Waals surface area (Å²) in [5, 5.41) is 3.41. The number of halogens is 2. The first kappa shape index (κ1) is 20.2. The average molecular weight is 419 g/mol. The van der Waals surface area contributed by atoms with Crippen LogP contribution in [0, 0.1) is 11.6 Å². The summed E-state index contributed by atoms with van der Waals surface area (Å²) in [4.78, 5) is 2.60. The zero-order valence-electron chi connectivity index (χ0n) is 17.7. The Bertz CT molecular complexity index is 1020. The molecule has 1 aliphatic heterocycles. The number of nitrogens with zero attached hydrogens (tertiary/aromatic N) is 1. The molecule has 4 heteroatoms. The Hall–Kier alpha value is -2.72. The molecule has 1 heterocycles. The lowest BCUT2D eigenvalue weighted by atomic mass is 9.89. The fourth-order valence-corrected chi connectivity index (χ4v) is 5.15. The van der Waals surface area contributed by atoms with Crippen molar-refractivity contribution in [3.63, 3.8) is 0 Å². The monoisotopic (exact) mass is 418 g/mol. The smallest absolute Gasteiger partial charge is 0.123 e. The van der Waals surface area contributed by atoms with Gasteiger partial charge in [0.25, 0.3) is 0 Å². The number of anilines is 2. The quantitative estimate of drug-likeness (QED) is 0.501. The van der Waals surface area contributed by atoms with E-state index in [2.05, 4.69) is 28.4 Å². The summed E-state index contributed by atoms with van der Waals surface area (Å²) < 4.78 is 26.4. The van der Waals surface area contributed by atoms with Crippen molar-refractivity contribution >= 4 is 11.4 Å². The van der Waals surface area contributed by atoms with E-state index < -0.39 is 0 Å². The van der Waals surface area contributed by atoms with Crippen LogP contribution in [0.4, 0.5) is 20.2 Å². The van der Waals surface area contributed by atoms with E-state index in [0.29, 0.717) is 11.8 Å². The van der Waals surface area contributed by atoms with E-state index in [1.54, 1.807) is 24.3 Å². The van der Waals surface area contributed by atoms with Crippen molar-refractivity contribution in [2.24, 2.45) is 0 Å². The van der Waals surface area contributed by atoms with Gasteiger partial charge in [0.1, 0.15) is 11.6 Å². The van der Waals surface area contributed by atoms with E-state index in [-0.39, 0.29) is 11.6 Å². The highest BCUT2D eigenvalue weighted by Crippen LogP contribution is 2.37. The van der Waals surface area contributed by atoms with Crippen molar-refractivity contribution < 1.29 is 8.78 Å². The number of fused-ring (bicyclic) bond motifs is 1. The van der Waals surface area contributed by atoms with Crippen LogP contribution in [0.25, 0.3) is 0 Å². The first-order chi connectivity index (χ1) is 15.1. The van der Waals surface area contributed by atoms with Gasteiger partial charge in [-0.2, -0.15) is 0 Å². The summed E-state index contributed by atoms with van der Waals surface area (Å²) in [5.41, 5.74) is 6.14. The number of piperidine rings is 1. The minimum Gasteiger partial charge on any atom is -0.356 e. The molecule has 0 amide bonds. The van der Waals surface area contributed by atoms with E-state index in [1.807, 2.05) is 12.1 Å². The predicted octanol–water partition coefficient (Wildman–Crippen LogP) is 6.62. The highest BCUT2D eigenvalue weighted by molar-refractivity contribution is 5.62. The summed E-state index contributed by atoms with van der Waals surface area (Å²) in [5.74, 6) is 0.726. The molecule has 0 aromatic heterocycles. The van der Waals surface area contributed by atoms with Gasteiger partial charge in [0.05, 0.1) is 0 Å². The number of benzene rings is 3. The molecule has 1 saturated heterocycles. The van der Waals surface area contributed by atoms with Crippen LogP contribution in [0.5, 0.6) is 0 Å². The van der Waals surface area contributed by atoms with Gasteiger partial charge < -0.3 is 10.2 Å². The summed E-state index contributed by atoms with van der Waals surface area (Å²) in [6.07, 6.45) is 4.62. The first-order valence-corrected chi connectivity index (χ1v) is 11.3. The largest absolute Gasteiger partial charge is 0.356 e. The van der Waals surface area contributed by atoms with Gasteiger partial charge in [-0.25, -0.2) is 8.78 Å². The van der Waals surface area contributed by atoms with Crippen molar-refractivity contribution in [1.29, 1.82) is 0 Å².